The van der Waals surface area contributed by atoms with Crippen LogP contribution in [-0.4, -0.2) is 40.7 Å². The molecule has 1 aliphatic rings. The quantitative estimate of drug-likeness (QED) is 0.803. The molecular formula is C15H24N4O2. The van der Waals surface area contributed by atoms with Gasteiger partial charge in [0.05, 0.1) is 0 Å². The Morgan fingerprint density at radius 2 is 2.19 bits per heavy atom. The number of piperidine rings is 1. The van der Waals surface area contributed by atoms with E-state index in [1.165, 1.54) is 0 Å². The number of carboxylic acids is 1. The zero-order chi connectivity index (χ0) is 15.1. The summed E-state index contributed by atoms with van der Waals surface area (Å²) in [5, 5.41) is 12.0. The van der Waals surface area contributed by atoms with Crippen LogP contribution in [0.3, 0.4) is 0 Å². The highest BCUT2D eigenvalue weighted by molar-refractivity contribution is 5.66. The van der Waals surface area contributed by atoms with Gasteiger partial charge >= 0.3 is 5.97 Å². The highest BCUT2D eigenvalue weighted by Gasteiger charge is 2.20. The molecule has 0 atom stereocenters. The van der Waals surface area contributed by atoms with Crippen molar-refractivity contribution in [1.82, 2.24) is 9.97 Å². The molecule has 1 saturated heterocycles. The molecule has 6 nitrogen and oxygen atoms in total. The van der Waals surface area contributed by atoms with Gasteiger partial charge in [0.15, 0.2) is 0 Å². The number of hydrogen-bond acceptors (Lipinski definition) is 5. The van der Waals surface area contributed by atoms with Gasteiger partial charge in [0.2, 0.25) is 0 Å². The van der Waals surface area contributed by atoms with E-state index in [9.17, 15) is 4.79 Å². The fraction of sp³-hybridized carbons (Fsp3) is 0.667. The van der Waals surface area contributed by atoms with Crippen molar-refractivity contribution in [2.24, 2.45) is 5.92 Å². The second-order valence-electron chi connectivity index (χ2n) is 5.55. The molecule has 0 bridgehead atoms. The van der Waals surface area contributed by atoms with Gasteiger partial charge in [-0.2, -0.15) is 0 Å². The summed E-state index contributed by atoms with van der Waals surface area (Å²) in [5.74, 6) is 1.66. The van der Waals surface area contributed by atoms with Crippen LogP contribution in [0.4, 0.5) is 11.6 Å². The van der Waals surface area contributed by atoms with Crippen molar-refractivity contribution in [2.45, 2.75) is 39.0 Å². The number of aliphatic carboxylic acids is 1. The summed E-state index contributed by atoms with van der Waals surface area (Å²) in [5.41, 5.74) is 0. The summed E-state index contributed by atoms with van der Waals surface area (Å²) in [6.07, 6.45) is 5.81. The predicted molar refractivity (Wildman–Crippen MR) is 82.6 cm³/mol. The number of nitrogens with zero attached hydrogens (tertiary/aromatic N) is 3. The summed E-state index contributed by atoms with van der Waals surface area (Å²) >= 11 is 0. The molecular weight excluding hydrogens is 268 g/mol. The maximum Gasteiger partial charge on any atom is 0.303 e. The first-order valence-corrected chi connectivity index (χ1v) is 7.71. The third-order valence-corrected chi connectivity index (χ3v) is 3.91. The van der Waals surface area contributed by atoms with Crippen molar-refractivity contribution in [1.29, 1.82) is 0 Å². The van der Waals surface area contributed by atoms with Crippen molar-refractivity contribution in [3.63, 3.8) is 0 Å². The standard InChI is InChI=1S/C15H24N4O2/c1-2-7-16-13-10-14(18-11-17-13)19-8-5-12(6-9-19)3-4-15(20)21/h10-12H,2-9H2,1H3,(H,20,21)(H,16,17,18). The first kappa shape index (κ1) is 15.5. The lowest BCUT2D eigenvalue weighted by Crippen LogP contribution is -2.34. The minimum absolute atomic E-state index is 0.281. The van der Waals surface area contributed by atoms with Gasteiger partial charge in [0.25, 0.3) is 0 Å². The number of hydrogen-bond donors (Lipinski definition) is 2. The second kappa shape index (κ2) is 7.81. The maximum atomic E-state index is 10.6. The van der Waals surface area contributed by atoms with Crippen molar-refractivity contribution in [3.05, 3.63) is 12.4 Å². The molecule has 2 heterocycles. The Bertz CT molecular complexity index is 459. The monoisotopic (exact) mass is 292 g/mol. The number of aromatic nitrogens is 2. The Labute approximate surface area is 125 Å². The number of carboxylic acid groups (broad SMARTS) is 1. The highest BCUT2D eigenvalue weighted by Crippen LogP contribution is 2.25. The summed E-state index contributed by atoms with van der Waals surface area (Å²) in [4.78, 5) is 21.4. The molecule has 21 heavy (non-hydrogen) atoms. The molecule has 0 radical (unpaired) electrons. The fourth-order valence-corrected chi connectivity index (χ4v) is 2.65. The van der Waals surface area contributed by atoms with E-state index in [-0.39, 0.29) is 6.42 Å². The molecule has 2 N–H and O–H groups in total. The maximum absolute atomic E-state index is 10.6. The van der Waals surface area contributed by atoms with Crippen LogP contribution in [0.25, 0.3) is 0 Å². The van der Waals surface area contributed by atoms with Gasteiger partial charge in [-0.15, -0.1) is 0 Å². The molecule has 0 saturated carbocycles. The van der Waals surface area contributed by atoms with Crippen LogP contribution >= 0.6 is 0 Å². The van der Waals surface area contributed by atoms with E-state index in [0.717, 1.165) is 57.0 Å². The van der Waals surface area contributed by atoms with E-state index >= 15 is 0 Å². The molecule has 0 amide bonds. The van der Waals surface area contributed by atoms with Gasteiger partial charge in [0, 0.05) is 32.1 Å². The lowest BCUT2D eigenvalue weighted by Gasteiger charge is -2.32. The Hall–Kier alpha value is -1.85. The van der Waals surface area contributed by atoms with E-state index in [2.05, 4.69) is 27.1 Å². The van der Waals surface area contributed by atoms with E-state index in [1.54, 1.807) is 6.33 Å². The molecule has 0 spiro atoms. The minimum atomic E-state index is -0.695. The molecule has 1 aliphatic heterocycles. The molecule has 0 aliphatic carbocycles. The van der Waals surface area contributed by atoms with Gasteiger partial charge in [0.1, 0.15) is 18.0 Å². The van der Waals surface area contributed by atoms with Crippen molar-refractivity contribution in [3.8, 4) is 0 Å². The lowest BCUT2D eigenvalue weighted by molar-refractivity contribution is -0.137. The average Bonchev–Trinajstić information content (AvgIpc) is 2.51. The van der Waals surface area contributed by atoms with Crippen molar-refractivity contribution >= 4 is 17.6 Å². The van der Waals surface area contributed by atoms with E-state index in [1.807, 2.05) is 6.07 Å². The Morgan fingerprint density at radius 3 is 2.86 bits per heavy atom. The van der Waals surface area contributed by atoms with Crippen LogP contribution in [-0.2, 0) is 4.79 Å². The summed E-state index contributed by atoms with van der Waals surface area (Å²) < 4.78 is 0. The lowest BCUT2D eigenvalue weighted by atomic mass is 9.92. The van der Waals surface area contributed by atoms with Crippen molar-refractivity contribution in [2.75, 3.05) is 29.9 Å². The van der Waals surface area contributed by atoms with E-state index in [4.69, 9.17) is 5.11 Å². The van der Waals surface area contributed by atoms with Crippen LogP contribution in [0.15, 0.2) is 12.4 Å². The summed E-state index contributed by atoms with van der Waals surface area (Å²) in [7, 11) is 0. The zero-order valence-electron chi connectivity index (χ0n) is 12.6. The Balaban J connectivity index is 1.85. The minimum Gasteiger partial charge on any atom is -0.481 e. The third-order valence-electron chi connectivity index (χ3n) is 3.91. The highest BCUT2D eigenvalue weighted by atomic mass is 16.4. The second-order valence-corrected chi connectivity index (χ2v) is 5.55. The fourth-order valence-electron chi connectivity index (χ4n) is 2.65. The molecule has 1 fully saturated rings. The van der Waals surface area contributed by atoms with Crippen LogP contribution in [0.1, 0.15) is 39.0 Å². The van der Waals surface area contributed by atoms with E-state index < -0.39 is 5.97 Å². The molecule has 6 heteroatoms. The molecule has 2 rings (SSSR count). The third kappa shape index (κ3) is 4.88. The Kier molecular flexibility index (Phi) is 5.78. The first-order valence-electron chi connectivity index (χ1n) is 7.71. The average molecular weight is 292 g/mol. The van der Waals surface area contributed by atoms with Gasteiger partial charge in [-0.1, -0.05) is 6.92 Å². The Morgan fingerprint density at radius 1 is 1.43 bits per heavy atom. The number of nitrogens with one attached hydrogen (secondary N) is 1. The topological polar surface area (TPSA) is 78.4 Å². The largest absolute Gasteiger partial charge is 0.481 e. The van der Waals surface area contributed by atoms with E-state index in [0.29, 0.717) is 5.92 Å². The normalized spacial score (nSPS) is 16.0. The van der Waals surface area contributed by atoms with Gasteiger partial charge < -0.3 is 15.3 Å². The molecule has 116 valence electrons. The number of carbonyl (C=O) groups is 1. The van der Waals surface area contributed by atoms with Gasteiger partial charge in [-0.25, -0.2) is 9.97 Å². The summed E-state index contributed by atoms with van der Waals surface area (Å²) in [6.45, 7) is 4.91. The molecule has 1 aromatic rings. The molecule has 1 aromatic heterocycles. The van der Waals surface area contributed by atoms with Crippen LogP contribution < -0.4 is 10.2 Å². The number of rotatable bonds is 7. The first-order chi connectivity index (χ1) is 10.2. The zero-order valence-corrected chi connectivity index (χ0v) is 12.6. The summed E-state index contributed by atoms with van der Waals surface area (Å²) in [6, 6.07) is 1.99. The predicted octanol–water partition coefficient (Wildman–Crippen LogP) is 2.38. The van der Waals surface area contributed by atoms with Gasteiger partial charge in [-0.05, 0) is 31.6 Å². The molecule has 0 aromatic carbocycles. The number of anilines is 2. The van der Waals surface area contributed by atoms with Crippen LogP contribution in [0, 0.1) is 5.92 Å². The smallest absolute Gasteiger partial charge is 0.303 e. The molecule has 0 unspecified atom stereocenters. The van der Waals surface area contributed by atoms with Crippen LogP contribution in [0.2, 0.25) is 0 Å². The van der Waals surface area contributed by atoms with Gasteiger partial charge in [-0.3, -0.25) is 4.79 Å². The SMILES string of the molecule is CCCNc1cc(N2CCC(CCC(=O)O)CC2)ncn1. The van der Waals surface area contributed by atoms with Crippen LogP contribution in [0.5, 0.6) is 0 Å². The van der Waals surface area contributed by atoms with Crippen molar-refractivity contribution < 1.29 is 9.90 Å².